The van der Waals surface area contributed by atoms with Gasteiger partial charge in [-0.3, -0.25) is 4.90 Å². The molecule has 0 fully saturated rings. The minimum absolute atomic E-state index is 0.0375. The molecule has 0 spiro atoms. The third-order valence-electron chi connectivity index (χ3n) is 4.82. The van der Waals surface area contributed by atoms with E-state index in [1.54, 1.807) is 0 Å². The summed E-state index contributed by atoms with van der Waals surface area (Å²) in [7, 11) is 0. The second-order valence-electron chi connectivity index (χ2n) is 7.19. The zero-order chi connectivity index (χ0) is 18.4. The normalized spacial score (nSPS) is 13.0. The van der Waals surface area contributed by atoms with Gasteiger partial charge in [0, 0.05) is 23.0 Å². The summed E-state index contributed by atoms with van der Waals surface area (Å²) < 4.78 is 0. The Morgan fingerprint density at radius 3 is 2.16 bits per heavy atom. The number of benzene rings is 2. The van der Waals surface area contributed by atoms with Crippen molar-refractivity contribution in [3.8, 4) is 0 Å². The maximum atomic E-state index is 9.52. The fourth-order valence-electron chi connectivity index (χ4n) is 3.54. The highest BCUT2D eigenvalue weighted by Gasteiger charge is 2.21. The van der Waals surface area contributed by atoms with Crippen LogP contribution in [0.4, 0.5) is 0 Å². The molecule has 0 aliphatic carbocycles. The Balaban J connectivity index is 2.35. The number of hydrogen-bond acceptors (Lipinski definition) is 2. The quantitative estimate of drug-likeness (QED) is 0.675. The zero-order valence-electron chi connectivity index (χ0n) is 15.7. The summed E-state index contributed by atoms with van der Waals surface area (Å²) in [6, 6.07) is 17.4. The first-order valence-corrected chi connectivity index (χ1v) is 9.51. The number of aliphatic hydroxyl groups is 1. The molecule has 0 amide bonds. The van der Waals surface area contributed by atoms with Gasteiger partial charge in [0.25, 0.3) is 0 Å². The summed E-state index contributed by atoms with van der Waals surface area (Å²) in [5, 5.41) is 10.3. The van der Waals surface area contributed by atoms with E-state index in [0.29, 0.717) is 12.1 Å². The van der Waals surface area contributed by atoms with E-state index in [2.05, 4.69) is 62.9 Å². The van der Waals surface area contributed by atoms with Crippen LogP contribution in [0.5, 0.6) is 0 Å². The zero-order valence-corrected chi connectivity index (χ0v) is 16.5. The summed E-state index contributed by atoms with van der Waals surface area (Å²) in [5.74, 6) is 0.222. The predicted octanol–water partition coefficient (Wildman–Crippen LogP) is 5.47. The van der Waals surface area contributed by atoms with Crippen LogP contribution in [0.25, 0.3) is 0 Å². The van der Waals surface area contributed by atoms with Crippen LogP contribution in [0.15, 0.2) is 48.5 Å². The van der Waals surface area contributed by atoms with Crippen LogP contribution in [0.3, 0.4) is 0 Å². The van der Waals surface area contributed by atoms with E-state index < -0.39 is 0 Å². The van der Waals surface area contributed by atoms with E-state index in [9.17, 15) is 5.11 Å². The molecular formula is C22H30ClNO. The molecule has 0 saturated carbocycles. The maximum Gasteiger partial charge on any atom is 0.0681 e. The maximum absolute atomic E-state index is 9.52. The Hall–Kier alpha value is -1.35. The summed E-state index contributed by atoms with van der Waals surface area (Å²) >= 11 is 6.54. The lowest BCUT2D eigenvalue weighted by Gasteiger charge is -2.32. The lowest BCUT2D eigenvalue weighted by molar-refractivity contribution is 0.170. The van der Waals surface area contributed by atoms with Crippen molar-refractivity contribution in [2.45, 2.75) is 58.7 Å². The average Bonchev–Trinajstić information content (AvgIpc) is 2.59. The van der Waals surface area contributed by atoms with Crippen LogP contribution in [0, 0.1) is 0 Å². The van der Waals surface area contributed by atoms with Gasteiger partial charge in [0.2, 0.25) is 0 Å². The van der Waals surface area contributed by atoms with Gasteiger partial charge in [0.05, 0.1) is 6.61 Å². The molecule has 2 nitrogen and oxygen atoms in total. The first kappa shape index (κ1) is 20.0. The Kier molecular flexibility index (Phi) is 7.49. The number of nitrogens with zero attached hydrogens (tertiary/aromatic N) is 1. The van der Waals surface area contributed by atoms with E-state index in [4.69, 9.17) is 11.6 Å². The van der Waals surface area contributed by atoms with Crippen molar-refractivity contribution in [2.75, 3.05) is 6.54 Å². The molecule has 1 unspecified atom stereocenters. The standard InChI is InChI=1S/C22H30ClNO/c1-16(2)24(17(3)4)13-12-20(19-8-6-5-7-9-19)21-14-18(15-25)10-11-22(21)23/h5-11,14,16-17,20,25H,12-13,15H2,1-4H3. The molecule has 0 bridgehead atoms. The molecule has 2 aromatic rings. The van der Waals surface area contributed by atoms with Gasteiger partial charge in [-0.15, -0.1) is 0 Å². The van der Waals surface area contributed by atoms with Gasteiger partial charge < -0.3 is 5.11 Å². The van der Waals surface area contributed by atoms with Gasteiger partial charge in [0.15, 0.2) is 0 Å². The van der Waals surface area contributed by atoms with E-state index in [1.807, 2.05) is 18.2 Å². The van der Waals surface area contributed by atoms with Crippen molar-refractivity contribution in [1.29, 1.82) is 0 Å². The monoisotopic (exact) mass is 359 g/mol. The molecule has 0 aromatic heterocycles. The van der Waals surface area contributed by atoms with Crippen LogP contribution in [-0.4, -0.2) is 28.6 Å². The van der Waals surface area contributed by atoms with Gasteiger partial charge in [-0.1, -0.05) is 54.1 Å². The minimum atomic E-state index is 0.0375. The first-order valence-electron chi connectivity index (χ1n) is 9.14. The van der Waals surface area contributed by atoms with Crippen molar-refractivity contribution in [2.24, 2.45) is 0 Å². The topological polar surface area (TPSA) is 23.5 Å². The lowest BCUT2D eigenvalue weighted by Crippen LogP contribution is -2.38. The van der Waals surface area contributed by atoms with Crippen molar-refractivity contribution in [3.63, 3.8) is 0 Å². The molecule has 0 aliphatic heterocycles. The van der Waals surface area contributed by atoms with Crippen LogP contribution in [0.2, 0.25) is 5.02 Å². The largest absolute Gasteiger partial charge is 0.392 e. The van der Waals surface area contributed by atoms with E-state index in [-0.39, 0.29) is 12.5 Å². The first-order chi connectivity index (χ1) is 11.9. The highest BCUT2D eigenvalue weighted by atomic mass is 35.5. The van der Waals surface area contributed by atoms with Gasteiger partial charge in [-0.2, -0.15) is 0 Å². The summed E-state index contributed by atoms with van der Waals surface area (Å²) in [6.45, 7) is 10.0. The molecule has 0 radical (unpaired) electrons. The molecular weight excluding hydrogens is 330 g/mol. The predicted molar refractivity (Wildman–Crippen MR) is 107 cm³/mol. The molecule has 2 aromatic carbocycles. The smallest absolute Gasteiger partial charge is 0.0681 e. The van der Waals surface area contributed by atoms with Crippen molar-refractivity contribution in [1.82, 2.24) is 4.90 Å². The van der Waals surface area contributed by atoms with E-state index in [0.717, 1.165) is 29.1 Å². The van der Waals surface area contributed by atoms with Crippen molar-refractivity contribution < 1.29 is 5.11 Å². The number of rotatable bonds is 8. The minimum Gasteiger partial charge on any atom is -0.392 e. The summed E-state index contributed by atoms with van der Waals surface area (Å²) in [6.07, 6.45) is 0.995. The molecule has 136 valence electrons. The van der Waals surface area contributed by atoms with Gasteiger partial charge in [-0.05, 0) is 63.4 Å². The molecule has 0 aliphatic rings. The van der Waals surface area contributed by atoms with E-state index >= 15 is 0 Å². The molecule has 0 heterocycles. The fourth-order valence-corrected chi connectivity index (χ4v) is 3.79. The van der Waals surface area contributed by atoms with Crippen LogP contribution in [0.1, 0.15) is 56.7 Å². The number of aliphatic hydroxyl groups excluding tert-OH is 1. The second kappa shape index (κ2) is 9.38. The summed E-state index contributed by atoms with van der Waals surface area (Å²) in [5.41, 5.74) is 3.28. The SMILES string of the molecule is CC(C)N(CCC(c1ccccc1)c1cc(CO)ccc1Cl)C(C)C. The molecule has 0 saturated heterocycles. The van der Waals surface area contributed by atoms with Crippen LogP contribution >= 0.6 is 11.6 Å². The van der Waals surface area contributed by atoms with Crippen molar-refractivity contribution in [3.05, 3.63) is 70.2 Å². The third kappa shape index (κ3) is 5.31. The van der Waals surface area contributed by atoms with Gasteiger partial charge >= 0.3 is 0 Å². The molecule has 1 N–H and O–H groups in total. The van der Waals surface area contributed by atoms with Crippen molar-refractivity contribution >= 4 is 11.6 Å². The molecule has 25 heavy (non-hydrogen) atoms. The molecule has 1 atom stereocenters. The highest BCUT2D eigenvalue weighted by molar-refractivity contribution is 6.31. The Labute approximate surface area is 157 Å². The van der Waals surface area contributed by atoms with Gasteiger partial charge in [-0.25, -0.2) is 0 Å². The second-order valence-corrected chi connectivity index (χ2v) is 7.60. The Morgan fingerprint density at radius 2 is 1.60 bits per heavy atom. The summed E-state index contributed by atoms with van der Waals surface area (Å²) in [4.78, 5) is 2.51. The number of hydrogen-bond donors (Lipinski definition) is 1. The highest BCUT2D eigenvalue weighted by Crippen LogP contribution is 2.34. The molecule has 3 heteroatoms. The van der Waals surface area contributed by atoms with Gasteiger partial charge in [0.1, 0.15) is 0 Å². The molecule has 2 rings (SSSR count). The lowest BCUT2D eigenvalue weighted by atomic mass is 9.87. The Bertz CT molecular complexity index is 646. The van der Waals surface area contributed by atoms with E-state index in [1.165, 1.54) is 5.56 Å². The third-order valence-corrected chi connectivity index (χ3v) is 5.17. The Morgan fingerprint density at radius 1 is 0.960 bits per heavy atom. The number of halogens is 1. The van der Waals surface area contributed by atoms with Crippen LogP contribution < -0.4 is 0 Å². The fraction of sp³-hybridized carbons (Fsp3) is 0.455. The average molecular weight is 360 g/mol. The van der Waals surface area contributed by atoms with Crippen LogP contribution in [-0.2, 0) is 6.61 Å².